The molecule has 2 heterocycles. The minimum absolute atomic E-state index is 0.0258. The molecule has 2 aliphatic heterocycles. The molecule has 4 aliphatic rings. The number of aliphatic hydroxyl groups is 1. The van der Waals surface area contributed by atoms with Crippen molar-refractivity contribution in [1.29, 1.82) is 0 Å². The van der Waals surface area contributed by atoms with Gasteiger partial charge in [0, 0.05) is 18.5 Å². The van der Waals surface area contributed by atoms with E-state index in [1.54, 1.807) is 0 Å². The first-order chi connectivity index (χ1) is 17.4. The summed E-state index contributed by atoms with van der Waals surface area (Å²) in [6, 6.07) is 20.0. The number of esters is 1. The van der Waals surface area contributed by atoms with Crippen molar-refractivity contribution >= 4 is 5.97 Å². The van der Waals surface area contributed by atoms with Gasteiger partial charge in [-0.15, -0.1) is 0 Å². The average Bonchev–Trinajstić information content (AvgIpc) is 3.47. The number of allylic oxidation sites excluding steroid dienone is 1. The molecule has 36 heavy (non-hydrogen) atoms. The van der Waals surface area contributed by atoms with E-state index in [0.29, 0.717) is 12.5 Å². The van der Waals surface area contributed by atoms with E-state index < -0.39 is 5.60 Å². The van der Waals surface area contributed by atoms with Gasteiger partial charge in [-0.1, -0.05) is 79.7 Å². The van der Waals surface area contributed by atoms with Crippen LogP contribution < -0.4 is 0 Å². The highest BCUT2D eigenvalue weighted by Crippen LogP contribution is 2.57. The first-order valence-electron chi connectivity index (χ1n) is 13.9. The first-order valence-corrected chi connectivity index (χ1v) is 13.9. The molecule has 1 N–H and O–H groups in total. The summed E-state index contributed by atoms with van der Waals surface area (Å²) < 4.78 is 6.07. The van der Waals surface area contributed by atoms with Gasteiger partial charge in [0.25, 0.3) is 0 Å². The maximum atomic E-state index is 13.3. The van der Waals surface area contributed by atoms with E-state index in [0.717, 1.165) is 49.8 Å². The fourth-order valence-corrected chi connectivity index (χ4v) is 8.17. The maximum Gasteiger partial charge on any atom is 0.310 e. The van der Waals surface area contributed by atoms with Gasteiger partial charge in [-0.3, -0.25) is 9.69 Å². The fraction of sp³-hybridized carbons (Fsp3) is 0.531. The van der Waals surface area contributed by atoms with Crippen molar-refractivity contribution in [3.8, 4) is 0 Å². The SMILES string of the molecule is C=C1CCC[C@]2(C)C[C@H]3OC(=O)[C@H](CN4CCC[C@@H]4C(O)(c4ccccc4)c4ccccc4)[C@H]3C[C@H]12. The lowest BCUT2D eigenvalue weighted by Crippen LogP contribution is -2.51. The number of hydrogen-bond donors (Lipinski definition) is 1. The van der Waals surface area contributed by atoms with Gasteiger partial charge in [0.1, 0.15) is 11.7 Å². The van der Waals surface area contributed by atoms with E-state index in [4.69, 9.17) is 4.74 Å². The number of nitrogens with zero attached hydrogens (tertiary/aromatic N) is 1. The van der Waals surface area contributed by atoms with Crippen LogP contribution in [0.2, 0.25) is 0 Å². The van der Waals surface area contributed by atoms with Gasteiger partial charge in [0.2, 0.25) is 0 Å². The van der Waals surface area contributed by atoms with E-state index in [2.05, 4.69) is 18.4 Å². The minimum atomic E-state index is -1.14. The summed E-state index contributed by atoms with van der Waals surface area (Å²) in [5.74, 6) is 0.565. The molecule has 0 bridgehead atoms. The van der Waals surface area contributed by atoms with Crippen LogP contribution in [0.3, 0.4) is 0 Å². The van der Waals surface area contributed by atoms with E-state index in [1.807, 2.05) is 60.7 Å². The second kappa shape index (κ2) is 9.15. The molecule has 2 saturated heterocycles. The molecule has 2 saturated carbocycles. The third-order valence-electron chi connectivity index (χ3n) is 10.0. The fourth-order valence-electron chi connectivity index (χ4n) is 8.17. The molecular weight excluding hydrogens is 446 g/mol. The molecule has 6 atom stereocenters. The minimum Gasteiger partial charge on any atom is -0.462 e. The molecule has 4 nitrogen and oxygen atoms in total. The summed E-state index contributed by atoms with van der Waals surface area (Å²) in [5, 5.41) is 12.4. The van der Waals surface area contributed by atoms with Crippen molar-refractivity contribution < 1.29 is 14.6 Å². The van der Waals surface area contributed by atoms with Crippen LogP contribution in [0.25, 0.3) is 0 Å². The number of hydrogen-bond acceptors (Lipinski definition) is 4. The Labute approximate surface area is 215 Å². The highest BCUT2D eigenvalue weighted by molar-refractivity contribution is 5.75. The first kappa shape index (κ1) is 23.9. The van der Waals surface area contributed by atoms with E-state index in [-0.39, 0.29) is 35.4 Å². The molecule has 0 aromatic heterocycles. The molecule has 0 spiro atoms. The molecule has 2 aromatic rings. The van der Waals surface area contributed by atoms with Gasteiger partial charge >= 0.3 is 5.97 Å². The van der Waals surface area contributed by atoms with Crippen LogP contribution in [0.4, 0.5) is 0 Å². The smallest absolute Gasteiger partial charge is 0.310 e. The molecule has 4 fully saturated rings. The average molecular weight is 486 g/mol. The predicted molar refractivity (Wildman–Crippen MR) is 141 cm³/mol. The van der Waals surface area contributed by atoms with Crippen molar-refractivity contribution in [1.82, 2.24) is 4.90 Å². The number of likely N-dealkylation sites (tertiary alicyclic amines) is 1. The Kier molecular flexibility index (Phi) is 6.08. The summed E-state index contributed by atoms with van der Waals surface area (Å²) in [6.45, 7) is 8.38. The van der Waals surface area contributed by atoms with E-state index in [1.165, 1.54) is 18.4 Å². The van der Waals surface area contributed by atoms with Crippen LogP contribution in [0.5, 0.6) is 0 Å². The van der Waals surface area contributed by atoms with Crippen LogP contribution >= 0.6 is 0 Å². The Hall–Kier alpha value is -2.43. The summed E-state index contributed by atoms with van der Waals surface area (Å²) in [7, 11) is 0. The predicted octanol–water partition coefficient (Wildman–Crippen LogP) is 5.70. The normalized spacial score (nSPS) is 34.8. The molecule has 190 valence electrons. The van der Waals surface area contributed by atoms with E-state index in [9.17, 15) is 9.90 Å². The summed E-state index contributed by atoms with van der Waals surface area (Å²) >= 11 is 0. The Morgan fingerprint density at radius 2 is 1.75 bits per heavy atom. The lowest BCUT2D eigenvalue weighted by molar-refractivity contribution is -0.146. The number of fused-ring (bicyclic) bond motifs is 2. The zero-order chi connectivity index (χ0) is 24.9. The molecule has 0 radical (unpaired) electrons. The summed E-state index contributed by atoms with van der Waals surface area (Å²) in [4.78, 5) is 15.7. The topological polar surface area (TPSA) is 49.8 Å². The molecule has 2 aliphatic carbocycles. The van der Waals surface area contributed by atoms with Gasteiger partial charge in [0.05, 0.1) is 5.92 Å². The van der Waals surface area contributed by atoms with E-state index >= 15 is 0 Å². The standard InChI is InChI=1S/C32H39NO3/c1-22-11-9-17-31(2)20-28-25(19-27(22)31)26(30(34)36-28)21-33-18-10-16-29(33)32(35,23-12-5-3-6-13-23)24-14-7-4-8-15-24/h3-8,12-15,25-29,35H,1,9-11,16-21H2,2H3/t25-,26-,27-,28-,29-,31-/m1/s1. The summed E-state index contributed by atoms with van der Waals surface area (Å²) in [6.07, 6.45) is 7.44. The monoisotopic (exact) mass is 485 g/mol. The van der Waals surface area contributed by atoms with Gasteiger partial charge in [-0.05, 0) is 74.0 Å². The zero-order valence-corrected chi connectivity index (χ0v) is 21.4. The van der Waals surface area contributed by atoms with Gasteiger partial charge in [-0.2, -0.15) is 0 Å². The van der Waals surface area contributed by atoms with Crippen molar-refractivity contribution in [2.45, 2.75) is 69.6 Å². The van der Waals surface area contributed by atoms with Crippen molar-refractivity contribution in [2.75, 3.05) is 13.1 Å². The lowest BCUT2D eigenvalue weighted by Gasteiger charge is -2.50. The molecule has 4 heteroatoms. The Bertz CT molecular complexity index is 1080. The molecule has 2 aromatic carbocycles. The highest BCUT2D eigenvalue weighted by Gasteiger charge is 2.56. The van der Waals surface area contributed by atoms with Crippen molar-refractivity contribution in [3.63, 3.8) is 0 Å². The number of carbonyl (C=O) groups excluding carboxylic acids is 1. The largest absolute Gasteiger partial charge is 0.462 e. The second-order valence-corrected chi connectivity index (χ2v) is 12.1. The van der Waals surface area contributed by atoms with Crippen LogP contribution in [0.15, 0.2) is 72.8 Å². The molecule has 0 amide bonds. The Morgan fingerprint density at radius 1 is 1.08 bits per heavy atom. The van der Waals surface area contributed by atoms with Gasteiger partial charge in [0.15, 0.2) is 0 Å². The Balaban J connectivity index is 1.29. The lowest BCUT2D eigenvalue weighted by atomic mass is 9.55. The Morgan fingerprint density at radius 3 is 2.42 bits per heavy atom. The van der Waals surface area contributed by atoms with Crippen LogP contribution in [-0.4, -0.2) is 41.2 Å². The number of ether oxygens (including phenoxy) is 1. The molecular formula is C32H39NO3. The van der Waals surface area contributed by atoms with Crippen LogP contribution in [-0.2, 0) is 15.1 Å². The third kappa shape index (κ3) is 3.85. The number of carbonyl (C=O) groups is 1. The zero-order valence-electron chi connectivity index (χ0n) is 21.4. The molecule has 0 unspecified atom stereocenters. The third-order valence-corrected chi connectivity index (χ3v) is 10.0. The van der Waals surface area contributed by atoms with Crippen molar-refractivity contribution in [3.05, 3.63) is 83.9 Å². The quantitative estimate of drug-likeness (QED) is 0.436. The maximum absolute atomic E-state index is 13.3. The number of benzene rings is 2. The highest BCUT2D eigenvalue weighted by atomic mass is 16.6. The summed E-state index contributed by atoms with van der Waals surface area (Å²) in [5.41, 5.74) is 2.27. The van der Waals surface area contributed by atoms with Crippen LogP contribution in [0, 0.1) is 23.2 Å². The van der Waals surface area contributed by atoms with Crippen LogP contribution in [0.1, 0.15) is 63.0 Å². The van der Waals surface area contributed by atoms with Crippen molar-refractivity contribution in [2.24, 2.45) is 23.2 Å². The molecule has 6 rings (SSSR count). The van der Waals surface area contributed by atoms with Gasteiger partial charge < -0.3 is 9.84 Å². The second-order valence-electron chi connectivity index (χ2n) is 12.1. The number of rotatable bonds is 5. The van der Waals surface area contributed by atoms with Gasteiger partial charge in [-0.25, -0.2) is 0 Å².